The maximum absolute atomic E-state index is 9.86. The topological polar surface area (TPSA) is 58.0 Å². The molecule has 0 bridgehead atoms. The van der Waals surface area contributed by atoms with Gasteiger partial charge in [-0.05, 0) is 50.5 Å². The van der Waals surface area contributed by atoms with Crippen LogP contribution in [-0.4, -0.2) is 22.1 Å². The second kappa shape index (κ2) is 5.49. The number of nitrogens with zero attached hydrogens (tertiary/aromatic N) is 2. The lowest BCUT2D eigenvalue weighted by Crippen LogP contribution is -2.05. The highest BCUT2D eigenvalue weighted by molar-refractivity contribution is 5.63. The molecule has 0 aliphatic rings. The molecule has 1 heterocycles. The lowest BCUT2D eigenvalue weighted by Gasteiger charge is -2.13. The molecule has 20 heavy (non-hydrogen) atoms. The molecule has 4 heteroatoms. The number of aromatic nitrogens is 2. The summed E-state index contributed by atoms with van der Waals surface area (Å²) in [6, 6.07) is 3.84. The van der Waals surface area contributed by atoms with Gasteiger partial charge in [0.15, 0.2) is 5.82 Å². The molecule has 2 aromatic rings. The number of benzene rings is 1. The fraction of sp³-hybridized carbons (Fsp3) is 0.375. The summed E-state index contributed by atoms with van der Waals surface area (Å²) >= 11 is 0. The molecule has 4 nitrogen and oxygen atoms in total. The van der Waals surface area contributed by atoms with Crippen LogP contribution in [0.5, 0.6) is 5.75 Å². The van der Waals surface area contributed by atoms with Gasteiger partial charge in [0.2, 0.25) is 0 Å². The summed E-state index contributed by atoms with van der Waals surface area (Å²) in [5, 5.41) is 13.0. The van der Waals surface area contributed by atoms with E-state index in [1.54, 1.807) is 0 Å². The Morgan fingerprint density at radius 3 is 2.20 bits per heavy atom. The number of hydrogen-bond donors (Lipinski definition) is 2. The number of aryl methyl sites for hydroxylation is 3. The fourth-order valence-corrected chi connectivity index (χ4v) is 2.44. The van der Waals surface area contributed by atoms with E-state index in [2.05, 4.69) is 22.2 Å². The third kappa shape index (κ3) is 2.46. The molecule has 0 fully saturated rings. The molecule has 1 aromatic carbocycles. The summed E-state index contributed by atoms with van der Waals surface area (Å²) < 4.78 is 0. The van der Waals surface area contributed by atoms with Crippen LogP contribution in [0.15, 0.2) is 12.1 Å². The molecule has 2 rings (SSSR count). The van der Waals surface area contributed by atoms with Crippen molar-refractivity contribution >= 4 is 5.82 Å². The van der Waals surface area contributed by atoms with Crippen molar-refractivity contribution in [2.24, 2.45) is 0 Å². The maximum atomic E-state index is 9.86. The Morgan fingerprint density at radius 1 is 1.10 bits per heavy atom. The molecule has 0 aliphatic heterocycles. The summed E-state index contributed by atoms with van der Waals surface area (Å²) in [7, 11) is 1.87. The second-order valence-electron chi connectivity index (χ2n) is 5.02. The minimum atomic E-state index is 0.337. The molecule has 0 atom stereocenters. The van der Waals surface area contributed by atoms with Gasteiger partial charge in [0.25, 0.3) is 0 Å². The first kappa shape index (κ1) is 14.3. The zero-order valence-electron chi connectivity index (χ0n) is 12.7. The van der Waals surface area contributed by atoms with Gasteiger partial charge < -0.3 is 10.4 Å². The highest BCUT2D eigenvalue weighted by atomic mass is 16.3. The average Bonchev–Trinajstić information content (AvgIpc) is 2.43. The Balaban J connectivity index is 2.62. The first-order valence-corrected chi connectivity index (χ1v) is 6.83. The molecule has 0 saturated heterocycles. The van der Waals surface area contributed by atoms with Crippen LogP contribution in [0.4, 0.5) is 5.82 Å². The average molecular weight is 271 g/mol. The summed E-state index contributed by atoms with van der Waals surface area (Å²) in [5.74, 6) is 1.90. The normalized spacial score (nSPS) is 10.7. The van der Waals surface area contributed by atoms with Crippen LogP contribution < -0.4 is 5.32 Å². The van der Waals surface area contributed by atoms with Gasteiger partial charge in [-0.1, -0.05) is 6.92 Å². The number of nitrogens with one attached hydrogen (secondary N) is 1. The van der Waals surface area contributed by atoms with E-state index in [0.717, 1.165) is 40.2 Å². The van der Waals surface area contributed by atoms with Crippen molar-refractivity contribution in [2.75, 3.05) is 12.4 Å². The van der Waals surface area contributed by atoms with E-state index in [4.69, 9.17) is 0 Å². The Kier molecular flexibility index (Phi) is 3.93. The standard InChI is InChI=1S/C16H21N3O/c1-6-13-11(4)18-15(19-16(13)17-5)12-7-9(2)14(20)10(3)8-12/h7-8,20H,6H2,1-5H3,(H,17,18,19). The Bertz CT molecular complexity index is 627. The van der Waals surface area contributed by atoms with Crippen LogP contribution in [0.1, 0.15) is 29.3 Å². The number of anilines is 1. The monoisotopic (exact) mass is 271 g/mol. The van der Waals surface area contributed by atoms with E-state index < -0.39 is 0 Å². The Hall–Kier alpha value is -2.10. The number of rotatable bonds is 3. The molecule has 0 spiro atoms. The van der Waals surface area contributed by atoms with Gasteiger partial charge in [-0.25, -0.2) is 9.97 Å². The minimum Gasteiger partial charge on any atom is -0.507 e. The highest BCUT2D eigenvalue weighted by Crippen LogP contribution is 2.29. The molecule has 106 valence electrons. The zero-order valence-corrected chi connectivity index (χ0v) is 12.7. The number of phenolic OH excluding ortho intramolecular Hbond substituents is 1. The van der Waals surface area contributed by atoms with E-state index >= 15 is 0 Å². The summed E-state index contributed by atoms with van der Waals surface area (Å²) in [5.41, 5.74) is 4.74. The SMILES string of the molecule is CCc1c(C)nc(-c2cc(C)c(O)c(C)c2)nc1NC. The predicted octanol–water partition coefficient (Wildman–Crippen LogP) is 3.38. The van der Waals surface area contributed by atoms with Gasteiger partial charge in [0.05, 0.1) is 0 Å². The number of hydrogen-bond acceptors (Lipinski definition) is 4. The van der Waals surface area contributed by atoms with Gasteiger partial charge in [-0.3, -0.25) is 0 Å². The highest BCUT2D eigenvalue weighted by Gasteiger charge is 2.12. The third-order valence-corrected chi connectivity index (χ3v) is 3.55. The van der Waals surface area contributed by atoms with Crippen molar-refractivity contribution < 1.29 is 5.11 Å². The third-order valence-electron chi connectivity index (χ3n) is 3.55. The van der Waals surface area contributed by atoms with Crippen LogP contribution >= 0.6 is 0 Å². The first-order valence-electron chi connectivity index (χ1n) is 6.83. The molecule has 0 saturated carbocycles. The van der Waals surface area contributed by atoms with Crippen LogP contribution in [0, 0.1) is 20.8 Å². The van der Waals surface area contributed by atoms with Crippen LogP contribution in [0.2, 0.25) is 0 Å². The van der Waals surface area contributed by atoms with E-state index in [0.29, 0.717) is 11.6 Å². The van der Waals surface area contributed by atoms with E-state index in [-0.39, 0.29) is 0 Å². The van der Waals surface area contributed by atoms with Gasteiger partial charge in [0.1, 0.15) is 11.6 Å². The summed E-state index contributed by atoms with van der Waals surface area (Å²) in [6.45, 7) is 7.88. The Labute approximate surface area is 119 Å². The first-order chi connectivity index (χ1) is 9.47. The molecule has 0 unspecified atom stereocenters. The van der Waals surface area contributed by atoms with E-state index in [9.17, 15) is 5.11 Å². The van der Waals surface area contributed by atoms with Gasteiger partial charge in [-0.2, -0.15) is 0 Å². The van der Waals surface area contributed by atoms with Gasteiger partial charge in [0, 0.05) is 23.9 Å². The predicted molar refractivity (Wildman–Crippen MR) is 82.3 cm³/mol. The van der Waals surface area contributed by atoms with Crippen LogP contribution in [-0.2, 0) is 6.42 Å². The van der Waals surface area contributed by atoms with Crippen LogP contribution in [0.3, 0.4) is 0 Å². The molecular weight excluding hydrogens is 250 g/mol. The van der Waals surface area contributed by atoms with Crippen molar-refractivity contribution in [1.29, 1.82) is 0 Å². The molecular formula is C16H21N3O. The minimum absolute atomic E-state index is 0.337. The largest absolute Gasteiger partial charge is 0.507 e. The number of phenols is 1. The lowest BCUT2D eigenvalue weighted by molar-refractivity contribution is 0.467. The van der Waals surface area contributed by atoms with Crippen molar-refractivity contribution in [1.82, 2.24) is 9.97 Å². The quantitative estimate of drug-likeness (QED) is 0.898. The number of aromatic hydroxyl groups is 1. The maximum Gasteiger partial charge on any atom is 0.161 e. The van der Waals surface area contributed by atoms with E-state index in [1.165, 1.54) is 0 Å². The summed E-state index contributed by atoms with van der Waals surface area (Å²) in [4.78, 5) is 9.20. The molecule has 0 radical (unpaired) electrons. The van der Waals surface area contributed by atoms with Crippen molar-refractivity contribution in [3.63, 3.8) is 0 Å². The summed E-state index contributed by atoms with van der Waals surface area (Å²) in [6.07, 6.45) is 0.899. The van der Waals surface area contributed by atoms with E-state index in [1.807, 2.05) is 40.0 Å². The fourth-order valence-electron chi connectivity index (χ4n) is 2.44. The van der Waals surface area contributed by atoms with Crippen LogP contribution in [0.25, 0.3) is 11.4 Å². The smallest absolute Gasteiger partial charge is 0.161 e. The lowest BCUT2D eigenvalue weighted by atomic mass is 10.0. The van der Waals surface area contributed by atoms with Crippen molar-refractivity contribution in [3.8, 4) is 17.1 Å². The Morgan fingerprint density at radius 2 is 1.70 bits per heavy atom. The van der Waals surface area contributed by atoms with Gasteiger partial charge in [-0.15, -0.1) is 0 Å². The van der Waals surface area contributed by atoms with Crippen molar-refractivity contribution in [3.05, 3.63) is 34.5 Å². The van der Waals surface area contributed by atoms with Gasteiger partial charge >= 0.3 is 0 Å². The molecule has 0 amide bonds. The zero-order chi connectivity index (χ0) is 14.9. The van der Waals surface area contributed by atoms with Crippen molar-refractivity contribution in [2.45, 2.75) is 34.1 Å². The molecule has 1 aromatic heterocycles. The molecule has 0 aliphatic carbocycles. The molecule has 2 N–H and O–H groups in total. The second-order valence-corrected chi connectivity index (χ2v) is 5.02.